The highest BCUT2D eigenvalue weighted by atomic mass is 79.9. The van der Waals surface area contributed by atoms with Crippen molar-refractivity contribution >= 4 is 71.8 Å². The van der Waals surface area contributed by atoms with E-state index in [0.717, 1.165) is 14.6 Å². The first-order valence-corrected chi connectivity index (χ1v) is 13.3. The fourth-order valence-corrected chi connectivity index (χ4v) is 4.49. The van der Waals surface area contributed by atoms with E-state index in [1.807, 2.05) is 38.4 Å². The lowest BCUT2D eigenvalue weighted by Crippen LogP contribution is -2.39. The smallest absolute Gasteiger partial charge is 0.358 e. The molecule has 0 aliphatic rings. The van der Waals surface area contributed by atoms with Crippen molar-refractivity contribution in [3.05, 3.63) is 79.5 Å². The second-order valence-electron chi connectivity index (χ2n) is 9.36. The van der Waals surface area contributed by atoms with E-state index in [9.17, 15) is 20.2 Å². The van der Waals surface area contributed by atoms with Crippen LogP contribution in [0.25, 0.3) is 10.9 Å². The van der Waals surface area contributed by atoms with Gasteiger partial charge in [-0.2, -0.15) is 5.26 Å². The number of aromatic nitrogens is 5. The fraction of sp³-hybridized carbons (Fsp3) is 0.200. The predicted octanol–water partition coefficient (Wildman–Crippen LogP) is 4.58. The molecule has 40 heavy (non-hydrogen) atoms. The Balaban J connectivity index is 1.45. The molecule has 2 N–H and O–H groups in total. The van der Waals surface area contributed by atoms with Gasteiger partial charge in [0.25, 0.3) is 0 Å². The molecule has 0 bridgehead atoms. The van der Waals surface area contributed by atoms with Crippen molar-refractivity contribution in [3.8, 4) is 6.07 Å². The lowest BCUT2D eigenvalue weighted by atomic mass is 10.2. The van der Waals surface area contributed by atoms with Crippen LogP contribution in [0, 0.1) is 21.4 Å². The number of imidazole rings is 1. The van der Waals surface area contributed by atoms with Gasteiger partial charge < -0.3 is 25.2 Å². The Kier molecular flexibility index (Phi) is 8.52. The zero-order valence-electron chi connectivity index (χ0n) is 21.6. The number of hydrogen-bond acceptors (Lipinski definition) is 9. The number of nitriles is 1. The Bertz CT molecular complexity index is 1690. The SMILES string of the molecule is Cn1c(C#N)nc([N+](=O)[O-])c1C[N+](C)(C)C/C=C/C(=O)Nc1cc2c(Nc3ccc(Br)c(Br)c3)ncnc2cn1. The maximum Gasteiger partial charge on any atom is 0.392 e. The lowest BCUT2D eigenvalue weighted by Gasteiger charge is -2.28. The third-order valence-electron chi connectivity index (χ3n) is 5.87. The molecule has 0 fully saturated rings. The first-order chi connectivity index (χ1) is 19.0. The van der Waals surface area contributed by atoms with E-state index in [2.05, 4.69) is 62.4 Å². The van der Waals surface area contributed by atoms with Crippen LogP contribution in [0.1, 0.15) is 11.5 Å². The molecule has 15 heteroatoms. The van der Waals surface area contributed by atoms with Crippen LogP contribution in [0.15, 0.2) is 57.9 Å². The highest BCUT2D eigenvalue weighted by molar-refractivity contribution is 9.13. The molecule has 3 aromatic heterocycles. The van der Waals surface area contributed by atoms with Crippen LogP contribution in [0.5, 0.6) is 0 Å². The molecule has 0 aliphatic heterocycles. The van der Waals surface area contributed by atoms with Crippen LogP contribution in [-0.2, 0) is 18.4 Å². The number of amides is 1. The fourth-order valence-electron chi connectivity index (χ4n) is 3.86. The van der Waals surface area contributed by atoms with E-state index < -0.39 is 10.8 Å². The minimum absolute atomic E-state index is 0.0343. The number of carbonyl (C=O) groups is 1. The summed E-state index contributed by atoms with van der Waals surface area (Å²) in [5, 5.41) is 27.3. The number of hydrogen-bond donors (Lipinski definition) is 2. The molecule has 0 radical (unpaired) electrons. The Hall–Kier alpha value is -4.26. The lowest BCUT2D eigenvalue weighted by molar-refractivity contribution is -0.898. The van der Waals surface area contributed by atoms with Crippen LogP contribution in [0.2, 0.25) is 0 Å². The third kappa shape index (κ3) is 6.65. The minimum Gasteiger partial charge on any atom is -0.358 e. The van der Waals surface area contributed by atoms with Crippen LogP contribution >= 0.6 is 31.9 Å². The molecule has 1 amide bonds. The zero-order valence-corrected chi connectivity index (χ0v) is 24.8. The highest BCUT2D eigenvalue weighted by Gasteiger charge is 2.30. The van der Waals surface area contributed by atoms with Crippen molar-refractivity contribution in [1.29, 1.82) is 5.26 Å². The van der Waals surface area contributed by atoms with Gasteiger partial charge in [0.2, 0.25) is 5.91 Å². The summed E-state index contributed by atoms with van der Waals surface area (Å²) in [5.41, 5.74) is 1.73. The molecule has 0 aliphatic carbocycles. The molecule has 204 valence electrons. The van der Waals surface area contributed by atoms with E-state index >= 15 is 0 Å². The largest absolute Gasteiger partial charge is 0.392 e. The molecule has 4 rings (SSSR count). The number of pyridine rings is 1. The second-order valence-corrected chi connectivity index (χ2v) is 11.1. The molecular weight excluding hydrogens is 648 g/mol. The summed E-state index contributed by atoms with van der Waals surface area (Å²) in [6, 6.07) is 9.25. The van der Waals surface area contributed by atoms with Gasteiger partial charge >= 0.3 is 11.6 Å². The van der Waals surface area contributed by atoms with Gasteiger partial charge in [0.05, 0.1) is 32.4 Å². The van der Waals surface area contributed by atoms with E-state index in [4.69, 9.17) is 0 Å². The number of nitro groups is 1. The predicted molar refractivity (Wildman–Crippen MR) is 155 cm³/mol. The molecule has 4 aromatic rings. The number of nitrogens with one attached hydrogen (secondary N) is 2. The first kappa shape index (κ1) is 28.7. The molecule has 0 spiro atoms. The van der Waals surface area contributed by atoms with E-state index in [1.165, 1.54) is 17.0 Å². The minimum atomic E-state index is -0.597. The summed E-state index contributed by atoms with van der Waals surface area (Å²) in [7, 11) is 5.28. The van der Waals surface area contributed by atoms with Gasteiger partial charge in [-0.05, 0) is 72.1 Å². The highest BCUT2D eigenvalue weighted by Crippen LogP contribution is 2.29. The van der Waals surface area contributed by atoms with Gasteiger partial charge in [-0.15, -0.1) is 0 Å². The van der Waals surface area contributed by atoms with Crippen LogP contribution in [0.3, 0.4) is 0 Å². The number of likely N-dealkylation sites (N-methyl/N-ethyl adjacent to an activating group) is 1. The Morgan fingerprint density at radius 1 is 1.23 bits per heavy atom. The molecule has 0 saturated heterocycles. The quantitative estimate of drug-likeness (QED) is 0.112. The first-order valence-electron chi connectivity index (χ1n) is 11.7. The Morgan fingerprint density at radius 2 is 2.00 bits per heavy atom. The normalized spacial score (nSPS) is 11.5. The summed E-state index contributed by atoms with van der Waals surface area (Å²) in [5.74, 6) is 0.0945. The van der Waals surface area contributed by atoms with Gasteiger partial charge in [-0.25, -0.2) is 15.0 Å². The summed E-state index contributed by atoms with van der Waals surface area (Å²) < 4.78 is 3.50. The van der Waals surface area contributed by atoms with Gasteiger partial charge in [0.1, 0.15) is 24.5 Å². The van der Waals surface area contributed by atoms with Crippen molar-refractivity contribution < 1.29 is 14.2 Å². The van der Waals surface area contributed by atoms with E-state index in [0.29, 0.717) is 34.8 Å². The summed E-state index contributed by atoms with van der Waals surface area (Å²) in [4.78, 5) is 40.1. The molecule has 1 aromatic carbocycles. The summed E-state index contributed by atoms with van der Waals surface area (Å²) in [6.45, 7) is 0.609. The van der Waals surface area contributed by atoms with Crippen molar-refractivity contribution in [1.82, 2.24) is 24.5 Å². The van der Waals surface area contributed by atoms with E-state index in [-0.39, 0.29) is 22.7 Å². The van der Waals surface area contributed by atoms with Gasteiger partial charge in [-0.3, -0.25) is 9.36 Å². The maximum atomic E-state index is 12.6. The number of rotatable bonds is 9. The Labute approximate surface area is 245 Å². The number of nitrogens with zero attached hydrogens (tertiary/aromatic N) is 8. The molecule has 0 atom stereocenters. The van der Waals surface area contributed by atoms with E-state index in [1.54, 1.807) is 25.4 Å². The maximum absolute atomic E-state index is 12.6. The standard InChI is InChI=1S/C25H22Br2N10O3/c1-35-20(25(36(39)40)34-22(35)11-28)13-37(2,3)8-4-5-23(38)33-21-10-16-19(12-29-21)30-14-31-24(16)32-15-6-7-17(26)18(27)9-15/h4-7,9-10,12,14H,8,13H2,1-3H3,(H-,29,30,31,32,33,38)/p+1/b5-4+. The Morgan fingerprint density at radius 3 is 2.70 bits per heavy atom. The average molecular weight is 671 g/mol. The molecule has 3 heterocycles. The third-order valence-corrected chi connectivity index (χ3v) is 7.75. The second kappa shape index (κ2) is 11.9. The zero-order chi connectivity index (χ0) is 29.0. The van der Waals surface area contributed by atoms with Crippen molar-refractivity contribution in [2.45, 2.75) is 6.54 Å². The monoisotopic (exact) mass is 669 g/mol. The molecule has 13 nitrogen and oxygen atoms in total. The van der Waals surface area contributed by atoms with Crippen molar-refractivity contribution in [3.63, 3.8) is 0 Å². The van der Waals surface area contributed by atoms with Crippen LogP contribution < -0.4 is 10.6 Å². The number of anilines is 3. The van der Waals surface area contributed by atoms with Gasteiger partial charge in [-0.1, -0.05) is 0 Å². The molecule has 0 unspecified atom stereocenters. The number of carbonyl (C=O) groups excluding carboxylic acids is 1. The number of benzene rings is 1. The number of halogens is 2. The molecule has 0 saturated carbocycles. The average Bonchev–Trinajstić information content (AvgIpc) is 3.21. The van der Waals surface area contributed by atoms with Crippen molar-refractivity contribution in [2.24, 2.45) is 7.05 Å². The summed E-state index contributed by atoms with van der Waals surface area (Å²) in [6.07, 6.45) is 6.04. The summed E-state index contributed by atoms with van der Waals surface area (Å²) >= 11 is 6.94. The number of quaternary nitrogens is 1. The van der Waals surface area contributed by atoms with Crippen LogP contribution in [-0.4, -0.2) is 60.5 Å². The van der Waals surface area contributed by atoms with Gasteiger partial charge in [0.15, 0.2) is 11.8 Å². The topological polar surface area (TPSA) is 165 Å². The van der Waals surface area contributed by atoms with Gasteiger partial charge in [0, 0.05) is 33.1 Å². The van der Waals surface area contributed by atoms with Crippen molar-refractivity contribution in [2.75, 3.05) is 31.3 Å². The van der Waals surface area contributed by atoms with Crippen LogP contribution in [0.4, 0.5) is 23.1 Å². The number of fused-ring (bicyclic) bond motifs is 1. The molecular formula is C25H23Br2N10O3+.